The minimum Gasteiger partial charge on any atom is -0.451 e. The van der Waals surface area contributed by atoms with Gasteiger partial charge in [-0.1, -0.05) is 30.3 Å². The van der Waals surface area contributed by atoms with E-state index in [1.165, 1.54) is 12.1 Å². The number of para-hydroxylation sites is 2. The number of sulfone groups is 1. The normalized spacial score (nSPS) is 11.3. The van der Waals surface area contributed by atoms with E-state index in [1.54, 1.807) is 18.2 Å². The molecule has 8 heteroatoms. The Morgan fingerprint density at radius 3 is 2.50 bits per heavy atom. The molecule has 1 heterocycles. The first-order chi connectivity index (χ1) is 12.3. The highest BCUT2D eigenvalue weighted by molar-refractivity contribution is 7.90. The first-order valence-corrected chi connectivity index (χ1v) is 9.57. The fraction of sp³-hybridized carbons (Fsp3) is 0.111. The molecule has 0 atom stereocenters. The van der Waals surface area contributed by atoms with Crippen molar-refractivity contribution >= 4 is 38.3 Å². The molecule has 0 aliphatic heterocycles. The van der Waals surface area contributed by atoms with E-state index in [0.717, 1.165) is 17.2 Å². The molecule has 1 aromatic heterocycles. The highest BCUT2D eigenvalue weighted by atomic mass is 32.2. The molecule has 0 spiro atoms. The van der Waals surface area contributed by atoms with E-state index in [2.05, 4.69) is 10.3 Å². The van der Waals surface area contributed by atoms with E-state index in [9.17, 15) is 18.0 Å². The largest absolute Gasteiger partial charge is 0.451 e. The molecule has 3 aromatic rings. The standard InChI is InChI=1S/C18H16N2O5S/c1-26(23,24)16-9-5-4-8-14(16)20-17(21)11-25-18(22)15-10-12-6-2-3-7-13(12)19-15/h2-10,19H,11H2,1H3,(H,20,21). The maximum Gasteiger partial charge on any atom is 0.355 e. The molecule has 1 amide bonds. The number of rotatable bonds is 5. The number of aromatic nitrogens is 1. The molecule has 7 nitrogen and oxygen atoms in total. The highest BCUT2D eigenvalue weighted by Crippen LogP contribution is 2.20. The summed E-state index contributed by atoms with van der Waals surface area (Å²) in [5, 5.41) is 3.30. The van der Waals surface area contributed by atoms with Crippen LogP contribution >= 0.6 is 0 Å². The van der Waals surface area contributed by atoms with E-state index >= 15 is 0 Å². The first-order valence-electron chi connectivity index (χ1n) is 7.68. The smallest absolute Gasteiger partial charge is 0.355 e. The van der Waals surface area contributed by atoms with Gasteiger partial charge in [-0.15, -0.1) is 0 Å². The third kappa shape index (κ3) is 3.92. The molecule has 0 bridgehead atoms. The second kappa shape index (κ2) is 7.01. The van der Waals surface area contributed by atoms with Gasteiger partial charge in [0.05, 0.1) is 10.6 Å². The number of amides is 1. The molecule has 26 heavy (non-hydrogen) atoms. The summed E-state index contributed by atoms with van der Waals surface area (Å²) >= 11 is 0. The first kappa shape index (κ1) is 17.7. The minimum atomic E-state index is -3.50. The molecule has 2 N–H and O–H groups in total. The number of fused-ring (bicyclic) bond motifs is 1. The second-order valence-corrected chi connectivity index (χ2v) is 7.65. The summed E-state index contributed by atoms with van der Waals surface area (Å²) in [6.45, 7) is -0.535. The maximum absolute atomic E-state index is 12.1. The molecule has 2 aromatic carbocycles. The Kier molecular flexibility index (Phi) is 4.77. The lowest BCUT2D eigenvalue weighted by molar-refractivity contribution is -0.119. The number of carbonyl (C=O) groups is 2. The van der Waals surface area contributed by atoms with Crippen LogP contribution in [0.25, 0.3) is 10.9 Å². The van der Waals surface area contributed by atoms with Crippen LogP contribution in [-0.2, 0) is 19.4 Å². The van der Waals surface area contributed by atoms with Gasteiger partial charge in [-0.25, -0.2) is 13.2 Å². The number of benzene rings is 2. The van der Waals surface area contributed by atoms with Crippen LogP contribution in [0.4, 0.5) is 5.69 Å². The van der Waals surface area contributed by atoms with Crippen molar-refractivity contribution in [2.24, 2.45) is 0 Å². The number of hydrogen-bond donors (Lipinski definition) is 2. The summed E-state index contributed by atoms with van der Waals surface area (Å²) in [6, 6.07) is 15.0. The number of anilines is 1. The van der Waals surface area contributed by atoms with Crippen molar-refractivity contribution in [2.75, 3.05) is 18.2 Å². The van der Waals surface area contributed by atoms with Gasteiger partial charge in [0.2, 0.25) is 0 Å². The number of ether oxygens (including phenoxy) is 1. The molecular formula is C18H16N2O5S. The lowest BCUT2D eigenvalue weighted by Gasteiger charge is -2.09. The lowest BCUT2D eigenvalue weighted by atomic mass is 10.2. The monoisotopic (exact) mass is 372 g/mol. The zero-order chi connectivity index (χ0) is 18.7. The quantitative estimate of drug-likeness (QED) is 0.669. The fourth-order valence-corrected chi connectivity index (χ4v) is 3.32. The van der Waals surface area contributed by atoms with Gasteiger partial charge in [0, 0.05) is 17.2 Å². The summed E-state index contributed by atoms with van der Waals surface area (Å²) in [5.74, 6) is -1.31. The van der Waals surface area contributed by atoms with Crippen LogP contribution in [0.1, 0.15) is 10.5 Å². The van der Waals surface area contributed by atoms with Crippen molar-refractivity contribution in [3.63, 3.8) is 0 Å². The molecule has 0 saturated carbocycles. The molecule has 0 radical (unpaired) electrons. The summed E-state index contributed by atoms with van der Waals surface area (Å²) in [7, 11) is -3.50. The molecule has 3 rings (SSSR count). The maximum atomic E-state index is 12.1. The van der Waals surface area contributed by atoms with Crippen LogP contribution in [0.2, 0.25) is 0 Å². The minimum absolute atomic E-state index is 0.00436. The van der Waals surface area contributed by atoms with Crippen molar-refractivity contribution < 1.29 is 22.7 Å². The number of carbonyl (C=O) groups excluding carboxylic acids is 2. The van der Waals surface area contributed by atoms with Gasteiger partial charge in [-0.3, -0.25) is 4.79 Å². The van der Waals surface area contributed by atoms with Crippen molar-refractivity contribution in [1.82, 2.24) is 4.98 Å². The van der Waals surface area contributed by atoms with Crippen molar-refractivity contribution in [2.45, 2.75) is 4.90 Å². The Balaban J connectivity index is 1.65. The van der Waals surface area contributed by atoms with Gasteiger partial charge in [0.15, 0.2) is 16.4 Å². The molecular weight excluding hydrogens is 356 g/mol. The average Bonchev–Trinajstić information content (AvgIpc) is 3.03. The topological polar surface area (TPSA) is 105 Å². The molecule has 134 valence electrons. The van der Waals surface area contributed by atoms with Gasteiger partial charge in [0.1, 0.15) is 5.69 Å². The zero-order valence-electron chi connectivity index (χ0n) is 13.9. The van der Waals surface area contributed by atoms with Gasteiger partial charge in [0.25, 0.3) is 5.91 Å². The zero-order valence-corrected chi connectivity index (χ0v) is 14.7. The summed E-state index contributed by atoms with van der Waals surface area (Å²) in [4.78, 5) is 27.0. The average molecular weight is 372 g/mol. The number of aromatic amines is 1. The van der Waals surface area contributed by atoms with Crippen LogP contribution in [0, 0.1) is 0 Å². The number of esters is 1. The summed E-state index contributed by atoms with van der Waals surface area (Å²) in [5.41, 5.74) is 1.16. The predicted octanol–water partition coefficient (Wildman–Crippen LogP) is 2.37. The summed E-state index contributed by atoms with van der Waals surface area (Å²) in [6.07, 6.45) is 1.05. The van der Waals surface area contributed by atoms with Gasteiger partial charge < -0.3 is 15.0 Å². The molecule has 0 saturated heterocycles. The van der Waals surface area contributed by atoms with Crippen LogP contribution in [0.15, 0.2) is 59.5 Å². The van der Waals surface area contributed by atoms with Crippen molar-refractivity contribution in [1.29, 1.82) is 0 Å². The number of nitrogens with one attached hydrogen (secondary N) is 2. The van der Waals surface area contributed by atoms with E-state index in [1.807, 2.05) is 24.3 Å². The third-order valence-electron chi connectivity index (χ3n) is 3.64. The molecule has 0 unspecified atom stereocenters. The van der Waals surface area contributed by atoms with E-state index < -0.39 is 28.3 Å². The Labute approximate surface area is 149 Å². The third-order valence-corrected chi connectivity index (χ3v) is 4.80. The Bertz CT molecular complexity index is 1050. The second-order valence-electron chi connectivity index (χ2n) is 5.66. The van der Waals surface area contributed by atoms with E-state index in [-0.39, 0.29) is 16.3 Å². The summed E-state index contributed by atoms with van der Waals surface area (Å²) < 4.78 is 28.4. The van der Waals surface area contributed by atoms with E-state index in [0.29, 0.717) is 0 Å². The van der Waals surface area contributed by atoms with Crippen LogP contribution in [0.3, 0.4) is 0 Å². The number of H-pyrrole nitrogens is 1. The van der Waals surface area contributed by atoms with Crippen LogP contribution < -0.4 is 5.32 Å². The lowest BCUT2D eigenvalue weighted by Crippen LogP contribution is -2.22. The highest BCUT2D eigenvalue weighted by Gasteiger charge is 2.16. The van der Waals surface area contributed by atoms with Gasteiger partial charge >= 0.3 is 5.97 Å². The molecule has 0 aliphatic carbocycles. The van der Waals surface area contributed by atoms with Crippen LogP contribution in [0.5, 0.6) is 0 Å². The van der Waals surface area contributed by atoms with Gasteiger partial charge in [-0.05, 0) is 24.3 Å². The molecule has 0 fully saturated rings. The Hall–Kier alpha value is -3.13. The predicted molar refractivity (Wildman–Crippen MR) is 96.8 cm³/mol. The van der Waals surface area contributed by atoms with Crippen LogP contribution in [-0.4, -0.2) is 38.1 Å². The van der Waals surface area contributed by atoms with Crippen molar-refractivity contribution in [3.8, 4) is 0 Å². The molecule has 0 aliphatic rings. The fourth-order valence-electron chi connectivity index (χ4n) is 2.47. The van der Waals surface area contributed by atoms with Gasteiger partial charge in [-0.2, -0.15) is 0 Å². The van der Waals surface area contributed by atoms with Crippen molar-refractivity contribution in [3.05, 3.63) is 60.3 Å². The SMILES string of the molecule is CS(=O)(=O)c1ccccc1NC(=O)COC(=O)c1cc2ccccc2[nH]1. The van der Waals surface area contributed by atoms with E-state index in [4.69, 9.17) is 4.74 Å². The Morgan fingerprint density at radius 2 is 1.77 bits per heavy atom. The Morgan fingerprint density at radius 1 is 1.08 bits per heavy atom. The number of hydrogen-bond acceptors (Lipinski definition) is 5.